The summed E-state index contributed by atoms with van der Waals surface area (Å²) in [6, 6.07) is 12.6. The topological polar surface area (TPSA) is 92.5 Å². The van der Waals surface area contributed by atoms with E-state index in [9.17, 15) is 0 Å². The molecule has 0 spiro atoms. The monoisotopic (exact) mass is 281 g/mol. The number of hydrogen-bond acceptors (Lipinski definition) is 2. The minimum atomic E-state index is -0.0156. The third-order valence-corrected chi connectivity index (χ3v) is 3.79. The van der Waals surface area contributed by atoms with E-state index in [1.807, 2.05) is 13.0 Å². The van der Waals surface area contributed by atoms with E-state index in [0.717, 1.165) is 29.8 Å². The minimum Gasteiger partial charge on any atom is -0.369 e. The summed E-state index contributed by atoms with van der Waals surface area (Å²) in [7, 11) is 0. The summed E-state index contributed by atoms with van der Waals surface area (Å²) in [4.78, 5) is 3.42. The van der Waals surface area contributed by atoms with Crippen LogP contribution in [0.25, 0.3) is 0 Å². The van der Waals surface area contributed by atoms with Gasteiger partial charge in [0.1, 0.15) is 0 Å². The van der Waals surface area contributed by atoms with Crippen molar-refractivity contribution in [2.75, 3.05) is 0 Å². The third kappa shape index (κ3) is 2.81. The first kappa shape index (κ1) is 13.4. The molecule has 1 atom stereocenters. The number of rotatable bonds is 2. The molecule has 1 aliphatic rings. The number of fused-ring (bicyclic) bond motifs is 1. The molecule has 1 aliphatic carbocycles. The fourth-order valence-corrected chi connectivity index (χ4v) is 2.90. The zero-order valence-electron chi connectivity index (χ0n) is 12.0. The average molecular weight is 281 g/mol. The molecule has 1 unspecified atom stereocenters. The number of nitrogens with zero attached hydrogens (tertiary/aromatic N) is 2. The fraction of sp³-hybridized carbons (Fsp3) is 0.250. The van der Waals surface area contributed by atoms with Crippen molar-refractivity contribution in [3.8, 4) is 0 Å². The molecule has 0 amide bonds. The first-order valence-corrected chi connectivity index (χ1v) is 7.02. The van der Waals surface area contributed by atoms with E-state index < -0.39 is 0 Å². The first-order valence-electron chi connectivity index (χ1n) is 7.02. The van der Waals surface area contributed by atoms with Gasteiger partial charge in [-0.25, -0.2) is 0 Å². The van der Waals surface area contributed by atoms with Crippen molar-refractivity contribution in [1.29, 1.82) is 0 Å². The molecule has 0 saturated heterocycles. The lowest BCUT2D eigenvalue weighted by Crippen LogP contribution is -2.23. The highest BCUT2D eigenvalue weighted by Crippen LogP contribution is 2.33. The first-order chi connectivity index (χ1) is 10.1. The SMILES string of the molecule is Cc1cc2c([nH]1)CC(c1ccccc1)C/C2=N\N=C(N)N. The van der Waals surface area contributed by atoms with Gasteiger partial charge in [-0.3, -0.25) is 0 Å². The molecular formula is C16H19N5. The normalized spacial score (nSPS) is 19.3. The van der Waals surface area contributed by atoms with Gasteiger partial charge in [-0.15, -0.1) is 5.10 Å². The zero-order valence-corrected chi connectivity index (χ0v) is 12.0. The van der Waals surface area contributed by atoms with Gasteiger partial charge in [0.2, 0.25) is 5.96 Å². The second kappa shape index (κ2) is 5.44. The van der Waals surface area contributed by atoms with Gasteiger partial charge in [0, 0.05) is 17.0 Å². The van der Waals surface area contributed by atoms with Gasteiger partial charge in [-0.2, -0.15) is 5.10 Å². The standard InChI is InChI=1S/C16H19N5/c1-10-7-13-14(19-10)8-12(11-5-3-2-4-6-11)9-15(13)20-21-16(17)18/h2-7,12,19H,8-9H2,1H3,(H4,17,18,21)/b20-15+. The number of aryl methyl sites for hydroxylation is 1. The lowest BCUT2D eigenvalue weighted by atomic mass is 9.82. The molecule has 3 rings (SSSR count). The maximum Gasteiger partial charge on any atom is 0.211 e. The molecule has 0 fully saturated rings. The second-order valence-electron chi connectivity index (χ2n) is 5.43. The maximum absolute atomic E-state index is 5.39. The van der Waals surface area contributed by atoms with Crippen LogP contribution in [0.2, 0.25) is 0 Å². The highest BCUT2D eigenvalue weighted by molar-refractivity contribution is 6.03. The van der Waals surface area contributed by atoms with Crippen LogP contribution in [0.15, 0.2) is 46.6 Å². The molecule has 108 valence electrons. The summed E-state index contributed by atoms with van der Waals surface area (Å²) >= 11 is 0. The van der Waals surface area contributed by atoms with Crippen LogP contribution in [0, 0.1) is 6.92 Å². The van der Waals surface area contributed by atoms with Gasteiger partial charge in [0.05, 0.1) is 5.71 Å². The summed E-state index contributed by atoms with van der Waals surface area (Å²) in [6.07, 6.45) is 1.82. The van der Waals surface area contributed by atoms with E-state index in [1.165, 1.54) is 11.3 Å². The molecule has 1 aromatic carbocycles. The Kier molecular flexibility index (Phi) is 3.48. The maximum atomic E-state index is 5.39. The summed E-state index contributed by atoms with van der Waals surface area (Å²) in [5.41, 5.74) is 16.5. The molecule has 5 heteroatoms. The largest absolute Gasteiger partial charge is 0.369 e. The molecule has 21 heavy (non-hydrogen) atoms. The second-order valence-corrected chi connectivity index (χ2v) is 5.43. The number of nitrogens with two attached hydrogens (primary N) is 2. The van der Waals surface area contributed by atoms with Gasteiger partial charge < -0.3 is 16.5 Å². The molecule has 5 N–H and O–H groups in total. The van der Waals surface area contributed by atoms with Crippen molar-refractivity contribution in [2.45, 2.75) is 25.7 Å². The summed E-state index contributed by atoms with van der Waals surface area (Å²) in [5.74, 6) is 0.378. The Hall–Kier alpha value is -2.56. The van der Waals surface area contributed by atoms with Gasteiger partial charge in [-0.1, -0.05) is 30.3 Å². The predicted octanol–water partition coefficient (Wildman–Crippen LogP) is 2.03. The molecule has 1 aromatic heterocycles. The zero-order chi connectivity index (χ0) is 14.8. The number of H-pyrrole nitrogens is 1. The van der Waals surface area contributed by atoms with E-state index >= 15 is 0 Å². The van der Waals surface area contributed by atoms with Crippen molar-refractivity contribution >= 4 is 11.7 Å². The van der Waals surface area contributed by atoms with E-state index in [2.05, 4.69) is 45.5 Å². The van der Waals surface area contributed by atoms with Crippen molar-refractivity contribution in [3.05, 3.63) is 58.9 Å². The third-order valence-electron chi connectivity index (χ3n) is 3.79. The number of aromatic amines is 1. The molecule has 5 nitrogen and oxygen atoms in total. The smallest absolute Gasteiger partial charge is 0.211 e. The average Bonchev–Trinajstić information content (AvgIpc) is 2.85. The number of nitrogens with one attached hydrogen (secondary N) is 1. The lowest BCUT2D eigenvalue weighted by molar-refractivity contribution is 0.683. The Labute approximate surface area is 123 Å². The van der Waals surface area contributed by atoms with Crippen LogP contribution in [0.1, 0.15) is 34.9 Å². The van der Waals surface area contributed by atoms with E-state index in [-0.39, 0.29) is 5.96 Å². The van der Waals surface area contributed by atoms with Gasteiger partial charge >= 0.3 is 0 Å². The van der Waals surface area contributed by atoms with Crippen LogP contribution < -0.4 is 11.5 Å². The van der Waals surface area contributed by atoms with Gasteiger partial charge in [-0.05, 0) is 37.3 Å². The Morgan fingerprint density at radius 1 is 1.19 bits per heavy atom. The van der Waals surface area contributed by atoms with E-state index in [1.54, 1.807) is 0 Å². The number of hydrogen-bond donors (Lipinski definition) is 3. The summed E-state index contributed by atoms with van der Waals surface area (Å²) in [5, 5.41) is 8.08. The Bertz CT molecular complexity index is 693. The Morgan fingerprint density at radius 2 is 1.95 bits per heavy atom. The van der Waals surface area contributed by atoms with E-state index in [4.69, 9.17) is 11.5 Å². The van der Waals surface area contributed by atoms with Crippen LogP contribution in [-0.4, -0.2) is 16.7 Å². The van der Waals surface area contributed by atoms with Gasteiger partial charge in [0.15, 0.2) is 0 Å². The highest BCUT2D eigenvalue weighted by Gasteiger charge is 2.26. The molecular weight excluding hydrogens is 262 g/mol. The van der Waals surface area contributed by atoms with Crippen molar-refractivity contribution in [2.24, 2.45) is 21.7 Å². The van der Waals surface area contributed by atoms with Crippen LogP contribution in [-0.2, 0) is 6.42 Å². The molecule has 0 radical (unpaired) electrons. The highest BCUT2D eigenvalue weighted by atomic mass is 15.3. The summed E-state index contributed by atoms with van der Waals surface area (Å²) in [6.45, 7) is 2.05. The van der Waals surface area contributed by atoms with Crippen LogP contribution >= 0.6 is 0 Å². The quantitative estimate of drug-likeness (QED) is 0.446. The number of guanidine groups is 1. The van der Waals surface area contributed by atoms with E-state index in [0.29, 0.717) is 5.92 Å². The van der Waals surface area contributed by atoms with Crippen molar-refractivity contribution < 1.29 is 0 Å². The number of benzene rings is 1. The lowest BCUT2D eigenvalue weighted by Gasteiger charge is -2.23. The van der Waals surface area contributed by atoms with Gasteiger partial charge in [0.25, 0.3) is 0 Å². The molecule has 1 heterocycles. The number of aromatic nitrogens is 1. The fourth-order valence-electron chi connectivity index (χ4n) is 2.90. The molecule has 0 bridgehead atoms. The van der Waals surface area contributed by atoms with Crippen molar-refractivity contribution in [3.63, 3.8) is 0 Å². The molecule has 2 aromatic rings. The molecule has 0 saturated carbocycles. The van der Waals surface area contributed by atoms with Crippen LogP contribution in [0.4, 0.5) is 0 Å². The van der Waals surface area contributed by atoms with Crippen molar-refractivity contribution in [1.82, 2.24) is 4.98 Å². The summed E-state index contributed by atoms with van der Waals surface area (Å²) < 4.78 is 0. The molecule has 0 aliphatic heterocycles. The predicted molar refractivity (Wildman–Crippen MR) is 85.4 cm³/mol. The Balaban J connectivity index is 2.00. The Morgan fingerprint density at radius 3 is 2.67 bits per heavy atom. The van der Waals surface area contributed by atoms with Crippen LogP contribution in [0.5, 0.6) is 0 Å². The van der Waals surface area contributed by atoms with Crippen LogP contribution in [0.3, 0.4) is 0 Å². The minimum absolute atomic E-state index is 0.0156.